The van der Waals surface area contributed by atoms with Crippen molar-refractivity contribution in [2.75, 3.05) is 4.72 Å². The van der Waals surface area contributed by atoms with Gasteiger partial charge >= 0.3 is 0 Å². The summed E-state index contributed by atoms with van der Waals surface area (Å²) in [6, 6.07) is 9.17. The molecular formula is C15H20N2O2S2. The van der Waals surface area contributed by atoms with Gasteiger partial charge in [-0.3, -0.25) is 4.72 Å². The Morgan fingerprint density at radius 2 is 1.90 bits per heavy atom. The van der Waals surface area contributed by atoms with Crippen LogP contribution in [0, 0.1) is 6.92 Å². The zero-order chi connectivity index (χ0) is 15.5. The van der Waals surface area contributed by atoms with E-state index in [-0.39, 0.29) is 0 Å². The lowest BCUT2D eigenvalue weighted by Crippen LogP contribution is -2.11. The second kappa shape index (κ2) is 6.60. The molecule has 0 aliphatic rings. The molecule has 0 aliphatic carbocycles. The first-order chi connectivity index (χ1) is 9.96. The molecule has 1 aromatic heterocycles. The molecule has 0 saturated heterocycles. The van der Waals surface area contributed by atoms with E-state index in [2.05, 4.69) is 11.6 Å². The molecule has 2 rings (SSSR count). The van der Waals surface area contributed by atoms with Crippen LogP contribution < -0.4 is 10.5 Å². The van der Waals surface area contributed by atoms with Crippen LogP contribution in [0.5, 0.6) is 0 Å². The van der Waals surface area contributed by atoms with Crippen LogP contribution in [0.1, 0.15) is 29.3 Å². The molecule has 21 heavy (non-hydrogen) atoms. The first-order valence-electron chi connectivity index (χ1n) is 6.87. The minimum absolute atomic E-state index is 0.304. The third-order valence-electron chi connectivity index (χ3n) is 3.19. The molecule has 114 valence electrons. The minimum Gasteiger partial charge on any atom is -0.326 e. The molecule has 0 aliphatic heterocycles. The first-order valence-corrected chi connectivity index (χ1v) is 9.17. The predicted molar refractivity (Wildman–Crippen MR) is 88.2 cm³/mol. The number of hydrogen-bond acceptors (Lipinski definition) is 4. The number of anilines is 1. The standard InChI is InChI=1S/C15H20N2O2S2/c1-3-4-12-5-7-13(8-6-12)17-21(18,19)15-9-11(2)14(10-16)20-15/h5-9,17H,3-4,10,16H2,1-2H3. The molecule has 0 unspecified atom stereocenters. The summed E-state index contributed by atoms with van der Waals surface area (Å²) < 4.78 is 27.6. The molecule has 0 saturated carbocycles. The molecule has 0 fully saturated rings. The highest BCUT2D eigenvalue weighted by Crippen LogP contribution is 2.27. The van der Waals surface area contributed by atoms with Gasteiger partial charge in [0.25, 0.3) is 10.0 Å². The Hall–Kier alpha value is -1.37. The number of rotatable bonds is 6. The lowest BCUT2D eigenvalue weighted by Gasteiger charge is -2.07. The van der Waals surface area contributed by atoms with E-state index >= 15 is 0 Å². The summed E-state index contributed by atoms with van der Waals surface area (Å²) in [7, 11) is -3.54. The SMILES string of the molecule is CCCc1ccc(NS(=O)(=O)c2cc(C)c(CN)s2)cc1. The molecular weight excluding hydrogens is 304 g/mol. The third-order valence-corrected chi connectivity index (χ3v) is 6.31. The Morgan fingerprint density at radius 1 is 1.24 bits per heavy atom. The molecule has 4 nitrogen and oxygen atoms in total. The van der Waals surface area contributed by atoms with Crippen molar-refractivity contribution in [1.82, 2.24) is 0 Å². The van der Waals surface area contributed by atoms with Crippen molar-refractivity contribution in [3.63, 3.8) is 0 Å². The highest BCUT2D eigenvalue weighted by atomic mass is 32.2. The molecule has 1 heterocycles. The molecule has 0 atom stereocenters. The maximum absolute atomic E-state index is 12.4. The van der Waals surface area contributed by atoms with Crippen molar-refractivity contribution in [2.24, 2.45) is 5.73 Å². The summed E-state index contributed by atoms with van der Waals surface area (Å²) in [6.07, 6.45) is 2.07. The number of sulfonamides is 1. The molecule has 0 bridgehead atoms. The van der Waals surface area contributed by atoms with Gasteiger partial charge in [-0.05, 0) is 42.7 Å². The average molecular weight is 324 g/mol. The van der Waals surface area contributed by atoms with Gasteiger partial charge < -0.3 is 5.73 Å². The number of aryl methyl sites for hydroxylation is 2. The van der Waals surface area contributed by atoms with Crippen LogP contribution in [0.25, 0.3) is 0 Å². The van der Waals surface area contributed by atoms with Gasteiger partial charge in [-0.1, -0.05) is 25.5 Å². The van der Waals surface area contributed by atoms with Crippen LogP contribution in [0.3, 0.4) is 0 Å². The third kappa shape index (κ3) is 3.84. The van der Waals surface area contributed by atoms with Gasteiger partial charge in [-0.2, -0.15) is 0 Å². The fraction of sp³-hybridized carbons (Fsp3) is 0.333. The van der Waals surface area contributed by atoms with Gasteiger partial charge in [0.05, 0.1) is 0 Å². The highest BCUT2D eigenvalue weighted by Gasteiger charge is 2.18. The smallest absolute Gasteiger partial charge is 0.271 e. The zero-order valence-electron chi connectivity index (χ0n) is 12.2. The van der Waals surface area contributed by atoms with Gasteiger partial charge in [0.15, 0.2) is 0 Å². The maximum atomic E-state index is 12.4. The number of nitrogens with one attached hydrogen (secondary N) is 1. The summed E-state index contributed by atoms with van der Waals surface area (Å²) in [6.45, 7) is 4.35. The Bertz CT molecular complexity index is 704. The minimum atomic E-state index is -3.54. The van der Waals surface area contributed by atoms with Gasteiger partial charge in [0.1, 0.15) is 4.21 Å². The van der Waals surface area contributed by atoms with Crippen molar-refractivity contribution in [1.29, 1.82) is 0 Å². The van der Waals surface area contributed by atoms with Gasteiger partial charge in [0.2, 0.25) is 0 Å². The Balaban J connectivity index is 2.20. The predicted octanol–water partition coefficient (Wildman–Crippen LogP) is 3.27. The van der Waals surface area contributed by atoms with E-state index in [1.165, 1.54) is 16.9 Å². The first kappa shape index (κ1) is 16.0. The second-order valence-electron chi connectivity index (χ2n) is 4.93. The summed E-state index contributed by atoms with van der Waals surface area (Å²) in [4.78, 5) is 0.897. The van der Waals surface area contributed by atoms with E-state index in [9.17, 15) is 8.42 Å². The van der Waals surface area contributed by atoms with E-state index < -0.39 is 10.0 Å². The van der Waals surface area contributed by atoms with Crippen LogP contribution >= 0.6 is 11.3 Å². The number of nitrogens with two attached hydrogens (primary N) is 1. The van der Waals surface area contributed by atoms with Crippen LogP contribution in [0.2, 0.25) is 0 Å². The fourth-order valence-electron chi connectivity index (χ4n) is 2.06. The summed E-state index contributed by atoms with van der Waals surface area (Å²) >= 11 is 1.22. The summed E-state index contributed by atoms with van der Waals surface area (Å²) in [5.74, 6) is 0. The van der Waals surface area contributed by atoms with Crippen LogP contribution in [-0.4, -0.2) is 8.42 Å². The Morgan fingerprint density at radius 3 is 2.43 bits per heavy atom. The Labute approximate surface area is 130 Å². The molecule has 2 aromatic rings. The van der Waals surface area contributed by atoms with Gasteiger partial charge in [-0.25, -0.2) is 8.42 Å². The highest BCUT2D eigenvalue weighted by molar-refractivity contribution is 7.94. The monoisotopic (exact) mass is 324 g/mol. The number of thiophene rings is 1. The van der Waals surface area contributed by atoms with Gasteiger partial charge in [0, 0.05) is 17.1 Å². The molecule has 0 amide bonds. The average Bonchev–Trinajstić information content (AvgIpc) is 2.83. The van der Waals surface area contributed by atoms with Crippen LogP contribution in [0.15, 0.2) is 34.5 Å². The summed E-state index contributed by atoms with van der Waals surface area (Å²) in [5, 5.41) is 0. The largest absolute Gasteiger partial charge is 0.326 e. The molecule has 6 heteroatoms. The molecule has 0 radical (unpaired) electrons. The maximum Gasteiger partial charge on any atom is 0.271 e. The fourth-order valence-corrected chi connectivity index (χ4v) is 4.58. The van der Waals surface area contributed by atoms with Crippen LogP contribution in [-0.2, 0) is 23.0 Å². The molecule has 3 N–H and O–H groups in total. The van der Waals surface area contributed by atoms with Crippen LogP contribution in [0.4, 0.5) is 5.69 Å². The van der Waals surface area contributed by atoms with Crippen molar-refractivity contribution < 1.29 is 8.42 Å². The number of hydrogen-bond donors (Lipinski definition) is 2. The summed E-state index contributed by atoms with van der Waals surface area (Å²) in [5.41, 5.74) is 8.30. The molecule has 1 aromatic carbocycles. The second-order valence-corrected chi connectivity index (χ2v) is 7.97. The van der Waals surface area contributed by atoms with Crippen molar-refractivity contribution in [3.8, 4) is 0 Å². The van der Waals surface area contributed by atoms with Crippen molar-refractivity contribution in [2.45, 2.75) is 37.4 Å². The lowest BCUT2D eigenvalue weighted by molar-refractivity contribution is 0.603. The molecule has 0 spiro atoms. The quantitative estimate of drug-likeness (QED) is 0.856. The zero-order valence-corrected chi connectivity index (χ0v) is 13.9. The van der Waals surface area contributed by atoms with E-state index in [1.54, 1.807) is 18.2 Å². The van der Waals surface area contributed by atoms with E-state index in [4.69, 9.17) is 5.73 Å². The number of benzene rings is 1. The lowest BCUT2D eigenvalue weighted by atomic mass is 10.1. The van der Waals surface area contributed by atoms with E-state index in [0.29, 0.717) is 16.4 Å². The van der Waals surface area contributed by atoms with Crippen molar-refractivity contribution in [3.05, 3.63) is 46.3 Å². The topological polar surface area (TPSA) is 72.2 Å². The normalized spacial score (nSPS) is 11.6. The van der Waals surface area contributed by atoms with Gasteiger partial charge in [-0.15, -0.1) is 11.3 Å². The van der Waals surface area contributed by atoms with E-state index in [0.717, 1.165) is 23.3 Å². The Kier molecular flexibility index (Phi) is 5.03. The van der Waals surface area contributed by atoms with E-state index in [1.807, 2.05) is 19.1 Å². The van der Waals surface area contributed by atoms with Crippen molar-refractivity contribution >= 4 is 27.0 Å².